The van der Waals surface area contributed by atoms with Crippen LogP contribution in [0.2, 0.25) is 0 Å². The summed E-state index contributed by atoms with van der Waals surface area (Å²) in [7, 11) is 0. The molecule has 5 nitrogen and oxygen atoms in total. The van der Waals surface area contributed by atoms with E-state index in [4.69, 9.17) is 0 Å². The first-order valence-electron chi connectivity index (χ1n) is 5.68. The molecule has 1 unspecified atom stereocenters. The van der Waals surface area contributed by atoms with Crippen molar-refractivity contribution < 1.29 is 9.59 Å². The number of thiazole rings is 1. The maximum Gasteiger partial charge on any atom is 0.234 e. The molecule has 0 aliphatic carbocycles. The molecule has 1 aromatic heterocycles. The molecule has 3 heterocycles. The van der Waals surface area contributed by atoms with Crippen molar-refractivity contribution in [3.05, 3.63) is 11.6 Å². The summed E-state index contributed by atoms with van der Waals surface area (Å²) >= 11 is 1.59. The van der Waals surface area contributed by atoms with Gasteiger partial charge in [-0.15, -0.1) is 11.3 Å². The maximum atomic E-state index is 12.0. The van der Waals surface area contributed by atoms with E-state index in [1.54, 1.807) is 17.5 Å². The van der Waals surface area contributed by atoms with Gasteiger partial charge in [-0.05, 0) is 12.8 Å². The number of aromatic nitrogens is 1. The van der Waals surface area contributed by atoms with Crippen molar-refractivity contribution in [2.45, 2.75) is 19.3 Å². The van der Waals surface area contributed by atoms with E-state index in [9.17, 15) is 9.59 Å². The van der Waals surface area contributed by atoms with Crippen LogP contribution < -0.4 is 10.2 Å². The first-order chi connectivity index (χ1) is 8.20. The average Bonchev–Trinajstić information content (AvgIpc) is 2.95. The Morgan fingerprint density at radius 3 is 3.00 bits per heavy atom. The van der Waals surface area contributed by atoms with Crippen LogP contribution in [0.5, 0.6) is 0 Å². The van der Waals surface area contributed by atoms with Gasteiger partial charge in [-0.1, -0.05) is 0 Å². The number of carbonyl (C=O) groups excluding carboxylic acids is 2. The summed E-state index contributed by atoms with van der Waals surface area (Å²) in [5.74, 6) is -0.249. The second kappa shape index (κ2) is 3.80. The van der Waals surface area contributed by atoms with Gasteiger partial charge in [0.1, 0.15) is 0 Å². The maximum absolute atomic E-state index is 12.0. The van der Waals surface area contributed by atoms with Crippen LogP contribution in [0.4, 0.5) is 5.13 Å². The van der Waals surface area contributed by atoms with Crippen molar-refractivity contribution in [2.24, 2.45) is 5.41 Å². The van der Waals surface area contributed by atoms with Gasteiger partial charge in [0.15, 0.2) is 5.13 Å². The fraction of sp³-hybridized carbons (Fsp3) is 0.545. The molecular weight excluding hydrogens is 238 g/mol. The standard InChI is InChI=1S/C11H13N3O2S/c15-8-1-2-11(9(16)13-8)3-5-14(7-11)10-12-4-6-17-10/h4,6H,1-3,5,7H2,(H,13,15,16). The lowest BCUT2D eigenvalue weighted by Gasteiger charge is -2.31. The van der Waals surface area contributed by atoms with Crippen molar-refractivity contribution >= 4 is 28.3 Å². The Hall–Kier alpha value is -1.43. The highest BCUT2D eigenvalue weighted by Gasteiger charge is 2.47. The summed E-state index contributed by atoms with van der Waals surface area (Å²) < 4.78 is 0. The van der Waals surface area contributed by atoms with Crippen molar-refractivity contribution in [3.63, 3.8) is 0 Å². The normalized spacial score (nSPS) is 28.8. The highest BCUT2D eigenvalue weighted by molar-refractivity contribution is 7.13. The number of carbonyl (C=O) groups is 2. The van der Waals surface area contributed by atoms with Crippen LogP contribution in [0.1, 0.15) is 19.3 Å². The van der Waals surface area contributed by atoms with Gasteiger partial charge in [0, 0.05) is 31.1 Å². The summed E-state index contributed by atoms with van der Waals surface area (Å²) in [5.41, 5.74) is -0.375. The zero-order valence-corrected chi connectivity index (χ0v) is 10.1. The van der Waals surface area contributed by atoms with Crippen LogP contribution >= 0.6 is 11.3 Å². The van der Waals surface area contributed by atoms with Crippen molar-refractivity contribution in [2.75, 3.05) is 18.0 Å². The van der Waals surface area contributed by atoms with Gasteiger partial charge in [0.2, 0.25) is 11.8 Å². The molecule has 1 spiro atoms. The van der Waals surface area contributed by atoms with Crippen molar-refractivity contribution in [1.82, 2.24) is 10.3 Å². The van der Waals surface area contributed by atoms with Gasteiger partial charge in [-0.2, -0.15) is 0 Å². The third kappa shape index (κ3) is 1.72. The molecule has 0 radical (unpaired) electrons. The minimum atomic E-state index is -0.375. The topological polar surface area (TPSA) is 62.3 Å². The monoisotopic (exact) mass is 251 g/mol. The molecule has 2 aliphatic rings. The molecule has 0 bridgehead atoms. The minimum absolute atomic E-state index is 0.104. The average molecular weight is 251 g/mol. The van der Waals surface area contributed by atoms with E-state index in [0.29, 0.717) is 19.4 Å². The van der Waals surface area contributed by atoms with Crippen LogP contribution in [-0.2, 0) is 9.59 Å². The largest absolute Gasteiger partial charge is 0.347 e. The van der Waals surface area contributed by atoms with Gasteiger partial charge >= 0.3 is 0 Å². The van der Waals surface area contributed by atoms with Gasteiger partial charge in [0.25, 0.3) is 0 Å². The predicted octanol–water partition coefficient (Wildman–Crippen LogP) is 0.776. The van der Waals surface area contributed by atoms with Crippen molar-refractivity contribution in [3.8, 4) is 0 Å². The predicted molar refractivity (Wildman–Crippen MR) is 63.8 cm³/mol. The smallest absolute Gasteiger partial charge is 0.234 e. The quantitative estimate of drug-likeness (QED) is 0.749. The summed E-state index contributed by atoms with van der Waals surface area (Å²) in [6.07, 6.45) is 3.71. The molecule has 2 fully saturated rings. The number of piperidine rings is 1. The second-order valence-corrected chi connectivity index (χ2v) is 5.52. The second-order valence-electron chi connectivity index (χ2n) is 4.64. The molecule has 0 saturated carbocycles. The Balaban J connectivity index is 1.79. The molecule has 1 N–H and O–H groups in total. The number of nitrogens with one attached hydrogen (secondary N) is 1. The van der Waals surface area contributed by atoms with Gasteiger partial charge < -0.3 is 4.90 Å². The molecule has 90 valence electrons. The highest BCUT2D eigenvalue weighted by Crippen LogP contribution is 2.39. The zero-order chi connectivity index (χ0) is 11.9. The molecule has 17 heavy (non-hydrogen) atoms. The van der Waals surface area contributed by atoms with E-state index < -0.39 is 0 Å². The van der Waals surface area contributed by atoms with E-state index in [1.165, 1.54) is 0 Å². The first-order valence-corrected chi connectivity index (χ1v) is 6.56. The lowest BCUT2D eigenvalue weighted by Crippen LogP contribution is -2.50. The van der Waals surface area contributed by atoms with E-state index >= 15 is 0 Å². The lowest BCUT2D eigenvalue weighted by molar-refractivity contribution is -0.140. The van der Waals surface area contributed by atoms with Gasteiger partial charge in [0.05, 0.1) is 5.41 Å². The van der Waals surface area contributed by atoms with Crippen LogP contribution in [0.15, 0.2) is 11.6 Å². The van der Waals surface area contributed by atoms with Crippen LogP contribution in [0.3, 0.4) is 0 Å². The van der Waals surface area contributed by atoms with Crippen LogP contribution in [0, 0.1) is 5.41 Å². The Labute approximate surface area is 103 Å². The SMILES string of the molecule is O=C1CCC2(CCN(c3nccs3)C2)C(=O)N1. The molecule has 1 atom stereocenters. The molecule has 2 saturated heterocycles. The number of anilines is 1. The van der Waals surface area contributed by atoms with E-state index in [0.717, 1.165) is 18.1 Å². The van der Waals surface area contributed by atoms with Crippen LogP contribution in [0.25, 0.3) is 0 Å². The molecule has 2 amide bonds. The third-order valence-electron chi connectivity index (χ3n) is 3.61. The number of rotatable bonds is 1. The summed E-state index contributed by atoms with van der Waals surface area (Å²) in [4.78, 5) is 29.5. The van der Waals surface area contributed by atoms with Crippen molar-refractivity contribution in [1.29, 1.82) is 0 Å². The molecule has 2 aliphatic heterocycles. The zero-order valence-electron chi connectivity index (χ0n) is 9.31. The Morgan fingerprint density at radius 2 is 2.29 bits per heavy atom. The number of amides is 2. The third-order valence-corrected chi connectivity index (χ3v) is 4.44. The molecule has 3 rings (SSSR count). The first kappa shape index (κ1) is 10.7. The molecule has 6 heteroatoms. The number of hydrogen-bond acceptors (Lipinski definition) is 5. The Kier molecular flexibility index (Phi) is 2.39. The number of hydrogen-bond donors (Lipinski definition) is 1. The molecule has 1 aromatic rings. The Morgan fingerprint density at radius 1 is 1.41 bits per heavy atom. The fourth-order valence-electron chi connectivity index (χ4n) is 2.59. The lowest BCUT2D eigenvalue weighted by atomic mass is 9.79. The summed E-state index contributed by atoms with van der Waals surface area (Å²) in [6, 6.07) is 0. The molecule has 0 aromatic carbocycles. The van der Waals surface area contributed by atoms with E-state index in [1.807, 2.05) is 5.38 Å². The van der Waals surface area contributed by atoms with Gasteiger partial charge in [-0.3, -0.25) is 14.9 Å². The minimum Gasteiger partial charge on any atom is -0.347 e. The molecular formula is C11H13N3O2S. The number of nitrogens with zero attached hydrogens (tertiary/aromatic N) is 2. The number of imide groups is 1. The fourth-order valence-corrected chi connectivity index (χ4v) is 3.26. The van der Waals surface area contributed by atoms with Crippen LogP contribution in [-0.4, -0.2) is 29.9 Å². The van der Waals surface area contributed by atoms with E-state index in [2.05, 4.69) is 15.2 Å². The Bertz CT molecular complexity index is 459. The summed E-state index contributed by atoms with van der Waals surface area (Å²) in [6.45, 7) is 1.52. The highest BCUT2D eigenvalue weighted by atomic mass is 32.1. The summed E-state index contributed by atoms with van der Waals surface area (Å²) in [5, 5.41) is 5.36. The van der Waals surface area contributed by atoms with Gasteiger partial charge in [-0.25, -0.2) is 4.98 Å². The van der Waals surface area contributed by atoms with E-state index in [-0.39, 0.29) is 17.2 Å².